The van der Waals surface area contributed by atoms with E-state index >= 15 is 0 Å². The van der Waals surface area contributed by atoms with Crippen LogP contribution in [-0.4, -0.2) is 31.7 Å². The molecule has 0 radical (unpaired) electrons. The molecule has 3 N–H and O–H groups in total. The Morgan fingerprint density at radius 3 is 2.75 bits per heavy atom. The molecule has 94 valence electrons. The van der Waals surface area contributed by atoms with Crippen molar-refractivity contribution in [1.82, 2.24) is 5.32 Å². The lowest BCUT2D eigenvalue weighted by molar-refractivity contribution is -0.119. The van der Waals surface area contributed by atoms with E-state index in [1.54, 1.807) is 0 Å². The first-order chi connectivity index (χ1) is 7.77. The molecule has 1 aliphatic carbocycles. The van der Waals surface area contributed by atoms with Gasteiger partial charge in [0.2, 0.25) is 5.91 Å². The van der Waals surface area contributed by atoms with Crippen molar-refractivity contribution in [3.8, 4) is 0 Å². The first-order valence-electron chi connectivity index (χ1n) is 6.36. The highest BCUT2D eigenvalue weighted by Crippen LogP contribution is 2.30. The van der Waals surface area contributed by atoms with E-state index in [0.29, 0.717) is 18.6 Å². The maximum absolute atomic E-state index is 11.0. The lowest BCUT2D eigenvalue weighted by atomic mass is 9.98. The quantitative estimate of drug-likeness (QED) is 0.684. The molecule has 1 saturated carbocycles. The summed E-state index contributed by atoms with van der Waals surface area (Å²) in [4.78, 5) is 11.0. The van der Waals surface area contributed by atoms with Gasteiger partial charge in [-0.15, -0.1) is 0 Å². The number of hydrogen-bond donors (Lipinski definition) is 2. The molecule has 1 aliphatic rings. The lowest BCUT2D eigenvalue weighted by Gasteiger charge is -2.23. The second kappa shape index (κ2) is 7.63. The van der Waals surface area contributed by atoms with Crippen molar-refractivity contribution < 1.29 is 9.53 Å². The third-order valence-corrected chi connectivity index (χ3v) is 3.24. The lowest BCUT2D eigenvalue weighted by Crippen LogP contribution is -2.34. The van der Waals surface area contributed by atoms with Crippen molar-refractivity contribution in [3.63, 3.8) is 0 Å². The molecule has 0 aromatic rings. The molecule has 0 bridgehead atoms. The first kappa shape index (κ1) is 13.5. The van der Waals surface area contributed by atoms with Gasteiger partial charge in [-0.2, -0.15) is 0 Å². The molecule has 0 aromatic carbocycles. The van der Waals surface area contributed by atoms with Gasteiger partial charge in [-0.05, 0) is 32.1 Å². The maximum atomic E-state index is 11.0. The largest absolute Gasteiger partial charge is 0.378 e. The SMILES string of the molecule is CCOC(CCNC(=O)CN)C1CCCC1. The fraction of sp³-hybridized carbons (Fsp3) is 0.917. The summed E-state index contributed by atoms with van der Waals surface area (Å²) in [6, 6.07) is 0. The molecular weight excluding hydrogens is 204 g/mol. The van der Waals surface area contributed by atoms with Crippen LogP contribution in [0.4, 0.5) is 0 Å². The summed E-state index contributed by atoms with van der Waals surface area (Å²) in [6.45, 7) is 3.53. The molecule has 0 aromatic heterocycles. The third kappa shape index (κ3) is 4.49. The van der Waals surface area contributed by atoms with Crippen molar-refractivity contribution in [3.05, 3.63) is 0 Å². The van der Waals surface area contributed by atoms with Gasteiger partial charge in [-0.1, -0.05) is 12.8 Å². The van der Waals surface area contributed by atoms with Crippen LogP contribution in [0.15, 0.2) is 0 Å². The molecule has 0 spiro atoms. The zero-order chi connectivity index (χ0) is 11.8. The van der Waals surface area contributed by atoms with Crippen LogP contribution in [0.1, 0.15) is 39.0 Å². The van der Waals surface area contributed by atoms with Crippen molar-refractivity contribution in [2.45, 2.75) is 45.1 Å². The Labute approximate surface area is 97.9 Å². The van der Waals surface area contributed by atoms with Crippen LogP contribution in [-0.2, 0) is 9.53 Å². The molecule has 4 heteroatoms. The van der Waals surface area contributed by atoms with E-state index in [0.717, 1.165) is 13.0 Å². The summed E-state index contributed by atoms with van der Waals surface area (Å²) in [5.74, 6) is 0.608. The van der Waals surface area contributed by atoms with E-state index in [9.17, 15) is 4.79 Å². The number of nitrogens with two attached hydrogens (primary N) is 1. The van der Waals surface area contributed by atoms with Crippen LogP contribution >= 0.6 is 0 Å². The Morgan fingerprint density at radius 2 is 2.19 bits per heavy atom. The zero-order valence-electron chi connectivity index (χ0n) is 10.2. The molecule has 1 fully saturated rings. The van der Waals surface area contributed by atoms with Crippen LogP contribution in [0.2, 0.25) is 0 Å². The number of rotatable bonds is 7. The van der Waals surface area contributed by atoms with Crippen LogP contribution in [0.3, 0.4) is 0 Å². The van der Waals surface area contributed by atoms with E-state index in [4.69, 9.17) is 10.5 Å². The van der Waals surface area contributed by atoms with Gasteiger partial charge in [0.05, 0.1) is 12.6 Å². The fourth-order valence-electron chi connectivity index (χ4n) is 2.42. The second-order valence-corrected chi connectivity index (χ2v) is 4.38. The average molecular weight is 228 g/mol. The molecular formula is C12H24N2O2. The van der Waals surface area contributed by atoms with Gasteiger partial charge in [0.15, 0.2) is 0 Å². The molecule has 0 heterocycles. The maximum Gasteiger partial charge on any atom is 0.233 e. The normalized spacial score (nSPS) is 18.6. The third-order valence-electron chi connectivity index (χ3n) is 3.24. The Kier molecular flexibility index (Phi) is 6.42. The smallest absolute Gasteiger partial charge is 0.233 e. The Morgan fingerprint density at radius 1 is 1.50 bits per heavy atom. The number of hydrogen-bond acceptors (Lipinski definition) is 3. The Balaban J connectivity index is 2.24. The number of nitrogens with one attached hydrogen (secondary N) is 1. The van der Waals surface area contributed by atoms with E-state index in [2.05, 4.69) is 5.32 Å². The number of carbonyl (C=O) groups excluding carboxylic acids is 1. The minimum atomic E-state index is -0.0818. The highest BCUT2D eigenvalue weighted by molar-refractivity contribution is 5.77. The average Bonchev–Trinajstić information content (AvgIpc) is 2.81. The van der Waals surface area contributed by atoms with E-state index in [1.807, 2.05) is 6.92 Å². The van der Waals surface area contributed by atoms with Gasteiger partial charge >= 0.3 is 0 Å². The van der Waals surface area contributed by atoms with Crippen molar-refractivity contribution in [2.24, 2.45) is 11.7 Å². The van der Waals surface area contributed by atoms with Gasteiger partial charge < -0.3 is 15.8 Å². The predicted octanol–water partition coefficient (Wildman–Crippen LogP) is 1.05. The zero-order valence-corrected chi connectivity index (χ0v) is 10.2. The summed E-state index contributed by atoms with van der Waals surface area (Å²) in [7, 11) is 0. The van der Waals surface area contributed by atoms with E-state index in [-0.39, 0.29) is 12.5 Å². The van der Waals surface area contributed by atoms with Gasteiger partial charge in [-0.25, -0.2) is 0 Å². The topological polar surface area (TPSA) is 64.3 Å². The monoisotopic (exact) mass is 228 g/mol. The minimum Gasteiger partial charge on any atom is -0.378 e. The highest BCUT2D eigenvalue weighted by atomic mass is 16.5. The highest BCUT2D eigenvalue weighted by Gasteiger charge is 2.24. The summed E-state index contributed by atoms with van der Waals surface area (Å²) >= 11 is 0. The molecule has 0 saturated heterocycles. The Bertz CT molecular complexity index is 203. The standard InChI is InChI=1S/C12H24N2O2/c1-2-16-11(10-5-3-4-6-10)7-8-14-12(15)9-13/h10-11H,2-9,13H2,1H3,(H,14,15). The van der Waals surface area contributed by atoms with Gasteiger partial charge in [0.1, 0.15) is 0 Å². The molecule has 4 nitrogen and oxygen atoms in total. The molecule has 1 amide bonds. The van der Waals surface area contributed by atoms with Crippen molar-refractivity contribution >= 4 is 5.91 Å². The van der Waals surface area contributed by atoms with Crippen LogP contribution < -0.4 is 11.1 Å². The Hall–Kier alpha value is -0.610. The molecule has 1 atom stereocenters. The van der Waals surface area contributed by atoms with Crippen LogP contribution in [0.25, 0.3) is 0 Å². The van der Waals surface area contributed by atoms with Crippen molar-refractivity contribution in [2.75, 3.05) is 19.7 Å². The molecule has 1 unspecified atom stereocenters. The predicted molar refractivity (Wildman–Crippen MR) is 64.1 cm³/mol. The van der Waals surface area contributed by atoms with Crippen molar-refractivity contribution in [1.29, 1.82) is 0 Å². The summed E-state index contributed by atoms with van der Waals surface area (Å²) < 4.78 is 5.76. The summed E-state index contributed by atoms with van der Waals surface area (Å²) in [5, 5.41) is 2.80. The molecule has 16 heavy (non-hydrogen) atoms. The fourth-order valence-corrected chi connectivity index (χ4v) is 2.42. The van der Waals surface area contributed by atoms with Crippen LogP contribution in [0, 0.1) is 5.92 Å². The molecule has 1 rings (SSSR count). The number of carbonyl (C=O) groups is 1. The second-order valence-electron chi connectivity index (χ2n) is 4.38. The summed E-state index contributed by atoms with van der Waals surface area (Å²) in [6.07, 6.45) is 6.41. The molecule has 0 aliphatic heterocycles. The number of ether oxygens (including phenoxy) is 1. The van der Waals surface area contributed by atoms with Gasteiger partial charge in [0, 0.05) is 13.2 Å². The number of amides is 1. The first-order valence-corrected chi connectivity index (χ1v) is 6.36. The van der Waals surface area contributed by atoms with Crippen LogP contribution in [0.5, 0.6) is 0 Å². The van der Waals surface area contributed by atoms with Gasteiger partial charge in [-0.3, -0.25) is 4.79 Å². The van der Waals surface area contributed by atoms with E-state index in [1.165, 1.54) is 25.7 Å². The minimum absolute atomic E-state index is 0.0722. The van der Waals surface area contributed by atoms with E-state index < -0.39 is 0 Å². The summed E-state index contributed by atoms with van der Waals surface area (Å²) in [5.41, 5.74) is 5.23. The van der Waals surface area contributed by atoms with Gasteiger partial charge in [0.25, 0.3) is 0 Å².